The van der Waals surface area contributed by atoms with Crippen molar-refractivity contribution in [1.82, 2.24) is 0 Å². The smallest absolute Gasteiger partial charge is 0.233 e. The number of aliphatic hydroxyl groups is 5. The van der Waals surface area contributed by atoms with Crippen molar-refractivity contribution >= 4 is 11.6 Å². The fourth-order valence-corrected chi connectivity index (χ4v) is 5.71. The molecule has 1 amide bonds. The lowest BCUT2D eigenvalue weighted by Crippen LogP contribution is -2.58. The van der Waals surface area contributed by atoms with Gasteiger partial charge in [-0.25, -0.2) is 4.39 Å². The molecule has 2 saturated heterocycles. The quantitative estimate of drug-likeness (QED) is 0.258. The van der Waals surface area contributed by atoms with Crippen LogP contribution in [0, 0.1) is 11.7 Å². The molecule has 3 aromatic rings. The molecule has 8 atom stereocenters. The molecule has 0 bridgehead atoms. The first-order valence-corrected chi connectivity index (χ1v) is 13.5. The third-order valence-corrected chi connectivity index (χ3v) is 8.00. The third kappa shape index (κ3) is 5.67. The number of benzene rings is 3. The van der Waals surface area contributed by atoms with E-state index in [1.807, 2.05) is 30.3 Å². The molecule has 0 unspecified atom stereocenters. The normalized spacial score (nSPS) is 29.2. The molecule has 5 N–H and O–H groups in total. The Morgan fingerprint density at radius 1 is 0.850 bits per heavy atom. The summed E-state index contributed by atoms with van der Waals surface area (Å²) in [5, 5.41) is 50.6. The Bertz CT molecular complexity index is 1270. The van der Waals surface area contributed by atoms with Gasteiger partial charge in [-0.05, 0) is 53.8 Å². The average Bonchev–Trinajstić information content (AvgIpc) is 2.97. The van der Waals surface area contributed by atoms with E-state index in [0.29, 0.717) is 18.4 Å². The molecule has 0 saturated carbocycles. The van der Waals surface area contributed by atoms with Crippen LogP contribution in [-0.2, 0) is 16.0 Å². The SMILES string of the molecule is O=C1[C@H](CC[C@H](O)c2ccc(C[C@@H]3O[C@H](CO)[C@@H](O)[C@H](O)[C@@H]3O)cc2)[C@@H](c2ccc(F)cc2)N1c1ccccc1. The van der Waals surface area contributed by atoms with E-state index >= 15 is 0 Å². The minimum absolute atomic E-state index is 0.0393. The molecule has 2 fully saturated rings. The van der Waals surface area contributed by atoms with E-state index in [0.717, 1.165) is 16.8 Å². The van der Waals surface area contributed by atoms with E-state index in [1.165, 1.54) is 12.1 Å². The van der Waals surface area contributed by atoms with Gasteiger partial charge in [0, 0.05) is 12.1 Å². The van der Waals surface area contributed by atoms with Gasteiger partial charge in [0.2, 0.25) is 5.91 Å². The standard InChI is InChI=1S/C31H34FNO7/c32-21-12-10-20(11-13-21)27-23(31(39)33(27)22-4-2-1-3-5-22)14-15-24(35)19-8-6-18(7-9-19)16-25-28(36)30(38)29(37)26(17-34)40-25/h1-13,23-30,34-38H,14-17H2/t23-,24+,25+,26-,27-,28-,29-,30-/m1/s1. The van der Waals surface area contributed by atoms with Crippen molar-refractivity contribution < 1.29 is 39.5 Å². The van der Waals surface area contributed by atoms with Crippen LogP contribution >= 0.6 is 0 Å². The number of β-lactam (4-membered cyclic amide) rings is 1. The maximum Gasteiger partial charge on any atom is 0.233 e. The molecule has 2 aliphatic rings. The van der Waals surface area contributed by atoms with E-state index in [1.54, 1.807) is 41.3 Å². The molecular formula is C31H34FNO7. The maximum atomic E-state index is 13.6. The van der Waals surface area contributed by atoms with Gasteiger partial charge in [-0.2, -0.15) is 0 Å². The van der Waals surface area contributed by atoms with Crippen molar-refractivity contribution in [2.24, 2.45) is 5.92 Å². The molecule has 40 heavy (non-hydrogen) atoms. The Labute approximate surface area is 231 Å². The number of aliphatic hydroxyl groups excluding tert-OH is 5. The van der Waals surface area contributed by atoms with E-state index < -0.39 is 43.2 Å². The molecule has 9 heteroatoms. The number of ether oxygens (including phenoxy) is 1. The van der Waals surface area contributed by atoms with E-state index in [-0.39, 0.29) is 30.1 Å². The number of anilines is 1. The van der Waals surface area contributed by atoms with Crippen LogP contribution in [0.4, 0.5) is 10.1 Å². The molecular weight excluding hydrogens is 517 g/mol. The second-order valence-electron chi connectivity index (χ2n) is 10.6. The predicted molar refractivity (Wildman–Crippen MR) is 145 cm³/mol. The van der Waals surface area contributed by atoms with E-state index in [4.69, 9.17) is 4.74 Å². The van der Waals surface area contributed by atoms with Crippen LogP contribution in [-0.4, -0.2) is 68.6 Å². The van der Waals surface area contributed by atoms with Gasteiger partial charge in [-0.1, -0.05) is 54.6 Å². The summed E-state index contributed by atoms with van der Waals surface area (Å²) >= 11 is 0. The molecule has 8 nitrogen and oxygen atoms in total. The highest BCUT2D eigenvalue weighted by Gasteiger charge is 2.48. The van der Waals surface area contributed by atoms with Crippen LogP contribution in [0.25, 0.3) is 0 Å². The van der Waals surface area contributed by atoms with Gasteiger partial charge in [0.25, 0.3) is 0 Å². The lowest BCUT2D eigenvalue weighted by atomic mass is 9.78. The van der Waals surface area contributed by atoms with Gasteiger partial charge >= 0.3 is 0 Å². The van der Waals surface area contributed by atoms with Crippen LogP contribution < -0.4 is 4.90 Å². The highest BCUT2D eigenvalue weighted by atomic mass is 19.1. The van der Waals surface area contributed by atoms with Gasteiger partial charge in [0.05, 0.1) is 30.8 Å². The van der Waals surface area contributed by atoms with Crippen molar-refractivity contribution in [2.75, 3.05) is 11.5 Å². The summed E-state index contributed by atoms with van der Waals surface area (Å²) in [6.45, 7) is -0.485. The van der Waals surface area contributed by atoms with Gasteiger partial charge in [0.15, 0.2) is 0 Å². The van der Waals surface area contributed by atoms with Crippen molar-refractivity contribution in [3.05, 3.63) is 101 Å². The summed E-state index contributed by atoms with van der Waals surface area (Å²) in [5.41, 5.74) is 3.06. The predicted octanol–water partition coefficient (Wildman–Crippen LogP) is 2.43. The lowest BCUT2D eigenvalue weighted by molar-refractivity contribution is -0.228. The molecule has 0 aliphatic carbocycles. The number of hydrogen-bond donors (Lipinski definition) is 5. The van der Waals surface area contributed by atoms with Crippen molar-refractivity contribution in [1.29, 1.82) is 0 Å². The number of hydrogen-bond acceptors (Lipinski definition) is 7. The van der Waals surface area contributed by atoms with Crippen LogP contribution in [0.15, 0.2) is 78.9 Å². The number of carbonyl (C=O) groups excluding carboxylic acids is 1. The minimum atomic E-state index is -1.43. The summed E-state index contributed by atoms with van der Waals surface area (Å²) in [7, 11) is 0. The summed E-state index contributed by atoms with van der Waals surface area (Å²) < 4.78 is 19.2. The van der Waals surface area contributed by atoms with E-state index in [9.17, 15) is 34.7 Å². The Morgan fingerprint density at radius 2 is 1.50 bits per heavy atom. The molecule has 0 radical (unpaired) electrons. The molecule has 0 spiro atoms. The lowest BCUT2D eigenvalue weighted by Gasteiger charge is -2.48. The zero-order chi connectivity index (χ0) is 28.4. The van der Waals surface area contributed by atoms with Crippen molar-refractivity contribution in [3.63, 3.8) is 0 Å². The van der Waals surface area contributed by atoms with Crippen LogP contribution in [0.2, 0.25) is 0 Å². The number of halogens is 1. The monoisotopic (exact) mass is 551 g/mol. The van der Waals surface area contributed by atoms with Gasteiger partial charge in [-0.15, -0.1) is 0 Å². The average molecular weight is 552 g/mol. The fraction of sp³-hybridized carbons (Fsp3) is 0.387. The minimum Gasteiger partial charge on any atom is -0.394 e. The number of nitrogens with zero attached hydrogens (tertiary/aromatic N) is 1. The van der Waals surface area contributed by atoms with E-state index in [2.05, 4.69) is 0 Å². The van der Waals surface area contributed by atoms with Gasteiger partial charge in [0.1, 0.15) is 30.2 Å². The summed E-state index contributed by atoms with van der Waals surface area (Å²) in [4.78, 5) is 14.9. The van der Waals surface area contributed by atoms with Crippen molar-refractivity contribution in [2.45, 2.75) is 61.9 Å². The van der Waals surface area contributed by atoms with Crippen LogP contribution in [0.5, 0.6) is 0 Å². The Morgan fingerprint density at radius 3 is 2.15 bits per heavy atom. The molecule has 0 aromatic heterocycles. The second-order valence-corrected chi connectivity index (χ2v) is 10.6. The zero-order valence-corrected chi connectivity index (χ0v) is 21.8. The highest BCUT2D eigenvalue weighted by molar-refractivity contribution is 6.03. The third-order valence-electron chi connectivity index (χ3n) is 8.00. The highest BCUT2D eigenvalue weighted by Crippen LogP contribution is 2.46. The number of rotatable bonds is 9. The first-order valence-electron chi connectivity index (χ1n) is 13.5. The van der Waals surface area contributed by atoms with Crippen LogP contribution in [0.1, 0.15) is 41.7 Å². The summed E-state index contributed by atoms with van der Waals surface area (Å²) in [5.74, 6) is -0.740. The maximum absolute atomic E-state index is 13.6. The summed E-state index contributed by atoms with van der Waals surface area (Å²) in [6.07, 6.45) is -5.70. The first-order chi connectivity index (χ1) is 19.3. The second kappa shape index (κ2) is 12.1. The Balaban J connectivity index is 1.23. The largest absolute Gasteiger partial charge is 0.394 e. The van der Waals surface area contributed by atoms with Crippen molar-refractivity contribution in [3.8, 4) is 0 Å². The summed E-state index contributed by atoms with van der Waals surface area (Å²) in [6, 6.07) is 22.3. The number of para-hydroxylation sites is 1. The molecule has 5 rings (SSSR count). The zero-order valence-electron chi connectivity index (χ0n) is 21.8. The molecule has 3 aromatic carbocycles. The fourth-order valence-electron chi connectivity index (χ4n) is 5.71. The van der Waals surface area contributed by atoms with Gasteiger partial charge in [-0.3, -0.25) is 4.79 Å². The molecule has 212 valence electrons. The molecule has 2 heterocycles. The molecule has 2 aliphatic heterocycles. The van der Waals surface area contributed by atoms with Gasteiger partial charge < -0.3 is 35.2 Å². The Hall–Kier alpha value is -3.18. The van der Waals surface area contributed by atoms with Crippen LogP contribution in [0.3, 0.4) is 0 Å². The Kier molecular flexibility index (Phi) is 8.60. The number of amides is 1. The number of carbonyl (C=O) groups is 1. The topological polar surface area (TPSA) is 131 Å². The first kappa shape index (κ1) is 28.4.